The minimum absolute atomic E-state index is 0.0159. The molecule has 0 spiro atoms. The summed E-state index contributed by atoms with van der Waals surface area (Å²) >= 11 is 0. The van der Waals surface area contributed by atoms with Crippen molar-refractivity contribution in [3.63, 3.8) is 0 Å². The molecule has 0 aliphatic heterocycles. The first kappa shape index (κ1) is 6.52. The van der Waals surface area contributed by atoms with Gasteiger partial charge in [-0.05, 0) is 24.2 Å². The molecule has 4 N–H and O–H groups in total. The van der Waals surface area contributed by atoms with Gasteiger partial charge in [0.25, 0.3) is 0 Å². The number of nitrogens with one attached hydrogen (secondary N) is 2. The normalized spacial score (nSPS) is 15.6. The lowest BCUT2D eigenvalue weighted by atomic mass is 10.2. The Labute approximate surface area is 122 Å². The average Bonchev–Trinajstić information content (AvgIpc) is 2.92. The lowest BCUT2D eigenvalue weighted by Crippen LogP contribution is -1.78. The summed E-state index contributed by atoms with van der Waals surface area (Å²) in [5.41, 5.74) is -0.390. The van der Waals surface area contributed by atoms with Gasteiger partial charge in [0.15, 0.2) is 14.3 Å². The predicted molar refractivity (Wildman–Crippen MR) is 78.9 cm³/mol. The minimum Gasteiger partial charge on any atom is -0.505 e. The van der Waals surface area contributed by atoms with E-state index in [1.807, 2.05) is 0 Å². The van der Waals surface area contributed by atoms with Gasteiger partial charge in [0.2, 0.25) is 0 Å². The summed E-state index contributed by atoms with van der Waals surface area (Å²) in [7, 11) is 0. The van der Waals surface area contributed by atoms with E-state index in [1.165, 1.54) is 24.3 Å². The van der Waals surface area contributed by atoms with Crippen LogP contribution in [0.3, 0.4) is 0 Å². The molecule has 98 valence electrons. The van der Waals surface area contributed by atoms with E-state index in [0.717, 1.165) is 9.95 Å². The molecule has 0 aliphatic carbocycles. The highest BCUT2D eigenvalue weighted by Gasteiger charge is 2.18. The van der Waals surface area contributed by atoms with E-state index in [1.54, 1.807) is 0 Å². The Balaban J connectivity index is 2.18. The summed E-state index contributed by atoms with van der Waals surface area (Å²) in [4.78, 5) is 1.47. The molecular weight excluding hydrogens is 252 g/mol. The van der Waals surface area contributed by atoms with Crippen LogP contribution in [0.15, 0.2) is 48.4 Å². The second kappa shape index (κ2) is 3.81. The number of hydrogen-bond acceptors (Lipinski definition) is 2. The third-order valence-corrected chi connectivity index (χ3v) is 3.18. The number of H-pyrrole nitrogens is 2. The average molecular weight is 270 g/mol. The van der Waals surface area contributed by atoms with Crippen LogP contribution >= 0.6 is 0 Å². The quantitative estimate of drug-likeness (QED) is 0.425. The standard InChI is InChI=1S/C16H12N2O2/c19-15-9-5-1-3-7-11(9)17-13(15)14-16(20)10-6-2-4-8-12(10)18-14/h1-8,17-20H/i1D,2D,7D,8D/hD2. The van der Waals surface area contributed by atoms with E-state index in [0.29, 0.717) is 0 Å². The molecule has 4 heteroatoms. The Morgan fingerprint density at radius 2 is 1.30 bits per heavy atom. The fourth-order valence-corrected chi connectivity index (χ4v) is 2.22. The first-order valence-corrected chi connectivity index (χ1v) is 5.90. The zero-order valence-corrected chi connectivity index (χ0v) is 10.1. The molecule has 0 bridgehead atoms. The summed E-state index contributed by atoms with van der Waals surface area (Å²) in [6.45, 7) is 0. The molecule has 0 saturated heterocycles. The molecule has 0 amide bonds. The van der Waals surface area contributed by atoms with Crippen molar-refractivity contribution in [2.45, 2.75) is 0 Å². The molecule has 4 nitrogen and oxygen atoms in total. The molecule has 4 rings (SSSR count). The lowest BCUT2D eigenvalue weighted by Gasteiger charge is -1.97. The van der Waals surface area contributed by atoms with Gasteiger partial charge in [0, 0.05) is 21.8 Å². The highest BCUT2D eigenvalue weighted by Crippen LogP contribution is 2.42. The first-order chi connectivity index (χ1) is 12.2. The van der Waals surface area contributed by atoms with Crippen molar-refractivity contribution in [2.24, 2.45) is 0 Å². The number of aromatic nitrogens is 2. The molecule has 4 aromatic rings. The van der Waals surface area contributed by atoms with Crippen LogP contribution in [0.1, 0.15) is 5.48 Å². The summed E-state index contributed by atoms with van der Waals surface area (Å²) in [6, 6.07) is 4.71. The molecule has 0 unspecified atom stereocenters. The molecule has 0 radical (unpaired) electrons. The van der Waals surface area contributed by atoms with Crippen molar-refractivity contribution in [2.75, 3.05) is 0 Å². The molecular formula is C16H12N2O2. The van der Waals surface area contributed by atoms with Gasteiger partial charge in [0.1, 0.15) is 11.4 Å². The van der Waals surface area contributed by atoms with Crippen molar-refractivity contribution in [3.8, 4) is 22.9 Å². The third kappa shape index (κ3) is 1.36. The summed E-state index contributed by atoms with van der Waals surface area (Å²) in [6.07, 6.45) is 0. The van der Waals surface area contributed by atoms with Crippen molar-refractivity contribution >= 4 is 21.8 Å². The number of rotatable bonds is 1. The number of benzene rings is 2. The Morgan fingerprint density at radius 3 is 1.75 bits per heavy atom. The molecule has 0 saturated carbocycles. The number of hydrogen-bond donors (Lipinski definition) is 4. The SMILES string of the molecule is [2H]c1cc([2H])c2c(c1)c(O)c(-c1c(O)c3cc([2H])cc([2H])c3n1[2H])n2[2H]. The minimum atomic E-state index is -0.443. The molecule has 0 fully saturated rings. The Morgan fingerprint density at radius 1 is 0.850 bits per heavy atom. The van der Waals surface area contributed by atoms with E-state index in [2.05, 4.69) is 0 Å². The summed E-state index contributed by atoms with van der Waals surface area (Å²) in [5.74, 6) is -0.885. The zero-order valence-electron chi connectivity index (χ0n) is 16.1. The van der Waals surface area contributed by atoms with E-state index >= 15 is 0 Å². The maximum Gasteiger partial charge on any atom is 0.167 e. The fourth-order valence-electron chi connectivity index (χ4n) is 2.22. The first-order valence-electron chi connectivity index (χ1n) is 8.80. The van der Waals surface area contributed by atoms with Crippen LogP contribution < -0.4 is 0 Å². The lowest BCUT2D eigenvalue weighted by molar-refractivity contribution is 0.475. The van der Waals surface area contributed by atoms with Crippen LogP contribution in [0.5, 0.6) is 11.5 Å². The van der Waals surface area contributed by atoms with E-state index in [9.17, 15) is 10.2 Å². The van der Waals surface area contributed by atoms with Gasteiger partial charge < -0.3 is 20.2 Å². The second-order valence-electron chi connectivity index (χ2n) is 4.34. The van der Waals surface area contributed by atoms with Crippen molar-refractivity contribution < 1.29 is 18.5 Å². The molecule has 20 heavy (non-hydrogen) atoms. The van der Waals surface area contributed by atoms with Crippen LogP contribution in [0.4, 0.5) is 0 Å². The molecule has 2 aromatic heterocycles. The zero-order chi connectivity index (χ0) is 18.9. The van der Waals surface area contributed by atoms with E-state index in [-0.39, 0.29) is 57.4 Å². The largest absolute Gasteiger partial charge is 0.505 e. The fraction of sp³-hybridized carbons (Fsp3) is 0. The Bertz CT molecular complexity index is 1130. The van der Waals surface area contributed by atoms with E-state index in [4.69, 9.17) is 8.31 Å². The van der Waals surface area contributed by atoms with Crippen molar-refractivity contribution in [1.29, 1.82) is 0 Å². The number of fused-ring (bicyclic) bond motifs is 2. The van der Waals surface area contributed by atoms with Crippen LogP contribution in [-0.4, -0.2) is 20.2 Å². The van der Waals surface area contributed by atoms with Gasteiger partial charge in [-0.15, -0.1) is 0 Å². The number of aromatic hydroxyl groups is 2. The molecule has 0 atom stereocenters. The topological polar surface area (TPSA) is 72.0 Å². The highest BCUT2D eigenvalue weighted by molar-refractivity contribution is 5.99. The molecule has 2 heterocycles. The van der Waals surface area contributed by atoms with Gasteiger partial charge in [-0.3, -0.25) is 0 Å². The van der Waals surface area contributed by atoms with Gasteiger partial charge in [-0.2, -0.15) is 0 Å². The van der Waals surface area contributed by atoms with Gasteiger partial charge in [-0.25, -0.2) is 0 Å². The van der Waals surface area contributed by atoms with Crippen LogP contribution in [-0.2, 0) is 0 Å². The highest BCUT2D eigenvalue weighted by atomic mass is 16.3. The number of para-hydroxylation sites is 2. The summed E-state index contributed by atoms with van der Waals surface area (Å²) in [5, 5.41) is 21.3. The molecule has 0 aliphatic rings. The maximum atomic E-state index is 10.6. The smallest absolute Gasteiger partial charge is 0.167 e. The van der Waals surface area contributed by atoms with Gasteiger partial charge in [0.05, 0.1) is 5.48 Å². The third-order valence-electron chi connectivity index (χ3n) is 3.18. The van der Waals surface area contributed by atoms with Gasteiger partial charge >= 0.3 is 0 Å². The Kier molecular flexibility index (Phi) is 1.24. The Hall–Kier alpha value is -2.88. The number of aromatic amines is 2. The molecule has 2 aromatic carbocycles. The van der Waals surface area contributed by atoms with Crippen molar-refractivity contribution in [1.82, 2.24) is 9.95 Å². The van der Waals surface area contributed by atoms with E-state index < -0.39 is 11.5 Å². The van der Waals surface area contributed by atoms with Crippen LogP contribution in [0, 0.1) is 0 Å². The monoisotopic (exact) mass is 270 g/mol. The summed E-state index contributed by atoms with van der Waals surface area (Å²) < 4.78 is 47.8. The van der Waals surface area contributed by atoms with Crippen LogP contribution in [0.25, 0.3) is 33.2 Å². The maximum absolute atomic E-state index is 10.6. The second-order valence-corrected chi connectivity index (χ2v) is 4.34. The predicted octanol–water partition coefficient (Wildman–Crippen LogP) is 3.73. The van der Waals surface area contributed by atoms with Crippen LogP contribution in [0.2, 0.25) is 2.82 Å². The van der Waals surface area contributed by atoms with Gasteiger partial charge in [-0.1, -0.05) is 24.2 Å². The van der Waals surface area contributed by atoms with Crippen molar-refractivity contribution in [3.05, 3.63) is 48.4 Å².